The largest absolute Gasteiger partial charge is 0.493 e. The highest BCUT2D eigenvalue weighted by molar-refractivity contribution is 7.92. The van der Waals surface area contributed by atoms with Crippen LogP contribution in [0.1, 0.15) is 123 Å². The van der Waals surface area contributed by atoms with E-state index in [-0.39, 0.29) is 50.9 Å². The molecule has 0 amide bonds. The molecule has 7 aromatic rings. The number of hydrogen-bond donors (Lipinski definition) is 2. The number of hydrogen-bond acceptors (Lipinski definition) is 14. The van der Waals surface area contributed by atoms with Gasteiger partial charge in [0.25, 0.3) is 15.9 Å². The van der Waals surface area contributed by atoms with Gasteiger partial charge in [-0.05, 0) is 96.2 Å². The highest BCUT2D eigenvalue weighted by Gasteiger charge is 2.31. The second-order valence-electron chi connectivity index (χ2n) is 20.3. The Kier molecular flexibility index (Phi) is 17.0. The zero-order chi connectivity index (χ0) is 52.5. The van der Waals surface area contributed by atoms with E-state index >= 15 is 0 Å². The molecule has 73 heavy (non-hydrogen) atoms. The van der Waals surface area contributed by atoms with E-state index in [0.717, 1.165) is 37.7 Å². The first-order valence-corrected chi connectivity index (χ1v) is 26.3. The van der Waals surface area contributed by atoms with Crippen molar-refractivity contribution in [3.05, 3.63) is 90.0 Å². The summed E-state index contributed by atoms with van der Waals surface area (Å²) in [4.78, 5) is 30.3. The third kappa shape index (κ3) is 13.3. The summed E-state index contributed by atoms with van der Waals surface area (Å²) >= 11 is 0. The van der Waals surface area contributed by atoms with Gasteiger partial charge >= 0.3 is 11.9 Å². The molecule has 18 nitrogen and oxygen atoms in total. The standard InChI is InChI=1S/C54H68N8O10S/c1-11-12-13-14-15-16-28-69-42-26-24-38(54(7,8)34-53(4,5)6)32-45(42)73(65,66)59-39-20-17-19-36(30-39)49-55-50-47(51(58-62(50)57-49)72-48-43(67-9)21-18-22-44(48)68-10)61-41-25-23-37(31-40(41)56-60-61)52(64)71-33-46(63)70-29-27-35(2)3/h17-26,30-32,35,59H,11-16,27-29,33-34H2,1-10H3,(H,55,57). The lowest BCUT2D eigenvalue weighted by atomic mass is 9.72. The van der Waals surface area contributed by atoms with Gasteiger partial charge in [0, 0.05) is 11.3 Å². The number of sulfonamides is 1. The Morgan fingerprint density at radius 2 is 1.55 bits per heavy atom. The van der Waals surface area contributed by atoms with Gasteiger partial charge in [0.1, 0.15) is 16.2 Å². The lowest BCUT2D eigenvalue weighted by molar-refractivity contribution is -0.147. The molecule has 3 heterocycles. The highest BCUT2D eigenvalue weighted by Crippen LogP contribution is 2.43. The average Bonchev–Trinajstić information content (AvgIpc) is 4.05. The van der Waals surface area contributed by atoms with Crippen LogP contribution in [0.15, 0.2) is 83.8 Å². The summed E-state index contributed by atoms with van der Waals surface area (Å²) in [5.74, 6) is 0.569. The molecule has 0 unspecified atom stereocenters. The Hall–Kier alpha value is -7.15. The van der Waals surface area contributed by atoms with Crippen LogP contribution in [0.25, 0.3) is 33.8 Å². The second kappa shape index (κ2) is 23.2. The minimum Gasteiger partial charge on any atom is -0.493 e. The number of fused-ring (bicyclic) bond motifs is 2. The summed E-state index contributed by atoms with van der Waals surface area (Å²) in [6, 6.07) is 22.2. The van der Waals surface area contributed by atoms with E-state index in [1.165, 1.54) is 48.5 Å². The van der Waals surface area contributed by atoms with Gasteiger partial charge in [-0.3, -0.25) is 9.82 Å². The molecule has 0 bridgehead atoms. The lowest BCUT2D eigenvalue weighted by Crippen LogP contribution is -2.25. The fourth-order valence-electron chi connectivity index (χ4n) is 8.75. The predicted molar refractivity (Wildman–Crippen MR) is 279 cm³/mol. The smallest absolute Gasteiger partial charge is 0.344 e. The number of rotatable bonds is 25. The lowest BCUT2D eigenvalue weighted by Gasteiger charge is -2.33. The molecule has 0 aliphatic heterocycles. The quantitative estimate of drug-likeness (QED) is 0.0403. The van der Waals surface area contributed by atoms with Gasteiger partial charge in [-0.1, -0.05) is 117 Å². The summed E-state index contributed by atoms with van der Waals surface area (Å²) in [6.07, 6.45) is 7.96. The predicted octanol–water partition coefficient (Wildman–Crippen LogP) is 11.3. The third-order valence-electron chi connectivity index (χ3n) is 12.1. The number of nitrogens with zero attached hydrogens (tertiary/aromatic N) is 6. The van der Waals surface area contributed by atoms with Crippen LogP contribution in [0.2, 0.25) is 0 Å². The van der Waals surface area contributed by atoms with Crippen LogP contribution in [0.3, 0.4) is 0 Å². The molecule has 3 aromatic heterocycles. The number of carbonyl (C=O) groups excluding carboxylic acids is 2. The minimum atomic E-state index is -4.19. The van der Waals surface area contributed by atoms with Gasteiger partial charge < -0.3 is 28.4 Å². The molecule has 0 atom stereocenters. The van der Waals surface area contributed by atoms with Crippen LogP contribution >= 0.6 is 0 Å². The van der Waals surface area contributed by atoms with Crippen molar-refractivity contribution in [1.29, 1.82) is 0 Å². The summed E-state index contributed by atoms with van der Waals surface area (Å²) in [5.41, 5.74) is 2.76. The van der Waals surface area contributed by atoms with E-state index in [1.54, 1.807) is 60.7 Å². The number of carbonyl (C=O) groups is 2. The number of H-pyrrole nitrogens is 1. The van der Waals surface area contributed by atoms with E-state index in [4.69, 9.17) is 38.5 Å². The minimum absolute atomic E-state index is 0.00249. The number of aromatic nitrogens is 7. The van der Waals surface area contributed by atoms with E-state index < -0.39 is 28.6 Å². The van der Waals surface area contributed by atoms with Crippen molar-refractivity contribution in [1.82, 2.24) is 34.8 Å². The summed E-state index contributed by atoms with van der Waals surface area (Å²) in [7, 11) is -1.19. The maximum absolute atomic E-state index is 14.6. The number of methoxy groups -OCH3 is 2. The van der Waals surface area contributed by atoms with Gasteiger partial charge in [0.2, 0.25) is 11.4 Å². The van der Waals surface area contributed by atoms with Crippen LogP contribution < -0.4 is 23.7 Å². The number of nitrogens with one attached hydrogen (secondary N) is 2. The molecule has 0 saturated heterocycles. The zero-order valence-electron chi connectivity index (χ0n) is 43.5. The molecule has 0 fully saturated rings. The molecule has 0 saturated carbocycles. The third-order valence-corrected chi connectivity index (χ3v) is 13.5. The van der Waals surface area contributed by atoms with Crippen LogP contribution in [0.5, 0.6) is 28.9 Å². The van der Waals surface area contributed by atoms with E-state index in [0.29, 0.717) is 64.3 Å². The van der Waals surface area contributed by atoms with Crippen molar-refractivity contribution in [2.24, 2.45) is 11.3 Å². The molecule has 0 spiro atoms. The Labute approximate surface area is 427 Å². The topological polar surface area (TPSA) is 212 Å². The molecule has 0 radical (unpaired) electrons. The fourth-order valence-corrected chi connectivity index (χ4v) is 9.97. The van der Waals surface area contributed by atoms with Gasteiger partial charge in [-0.15, -0.1) is 14.8 Å². The molecule has 0 aliphatic carbocycles. The van der Waals surface area contributed by atoms with E-state index in [9.17, 15) is 18.0 Å². The monoisotopic (exact) mass is 1020 g/mol. The Morgan fingerprint density at radius 1 is 0.822 bits per heavy atom. The number of para-hydroxylation sites is 1. The first-order chi connectivity index (χ1) is 34.8. The van der Waals surface area contributed by atoms with Crippen molar-refractivity contribution < 1.29 is 46.4 Å². The Balaban J connectivity index is 1.21. The number of unbranched alkanes of at least 4 members (excludes halogenated alkanes) is 5. The van der Waals surface area contributed by atoms with Crippen molar-refractivity contribution in [2.75, 3.05) is 38.8 Å². The highest BCUT2D eigenvalue weighted by atomic mass is 32.2. The van der Waals surface area contributed by atoms with Crippen LogP contribution in [-0.2, 0) is 29.7 Å². The molecule has 7 rings (SSSR count). The van der Waals surface area contributed by atoms with E-state index in [2.05, 4.69) is 61.7 Å². The second-order valence-corrected chi connectivity index (χ2v) is 22.0. The van der Waals surface area contributed by atoms with Crippen molar-refractivity contribution in [2.45, 2.75) is 117 Å². The molecule has 19 heteroatoms. The molecule has 2 N–H and O–H groups in total. The van der Waals surface area contributed by atoms with Crippen molar-refractivity contribution >= 4 is 44.3 Å². The zero-order valence-corrected chi connectivity index (χ0v) is 44.4. The molecular weight excluding hydrogens is 953 g/mol. The molecule has 390 valence electrons. The van der Waals surface area contributed by atoms with Crippen LogP contribution in [0, 0.1) is 11.3 Å². The SMILES string of the molecule is CCCCCCCCOc1ccc(C(C)(C)CC(C)(C)C)cc1S(=O)(=O)Nc1cccc(-c2nc3c(-n4nnc5cc(C(=O)OCC(=O)OCCC(C)C)ccc54)c(Oc4c(OC)cccc4OC)nn3[nH]2)c1. The maximum atomic E-state index is 14.6. The van der Waals surface area contributed by atoms with Crippen LogP contribution in [-0.4, -0.2) is 89.2 Å². The first-order valence-electron chi connectivity index (χ1n) is 24.8. The summed E-state index contributed by atoms with van der Waals surface area (Å²) < 4.78 is 69.2. The normalized spacial score (nSPS) is 12.1. The Bertz CT molecular complexity index is 3130. The van der Waals surface area contributed by atoms with Crippen molar-refractivity contribution in [3.63, 3.8) is 0 Å². The maximum Gasteiger partial charge on any atom is 0.344 e. The fraction of sp³-hybridized carbons (Fsp3) is 0.444. The molecule has 4 aromatic carbocycles. The molecular formula is C54H68N8O10S. The van der Waals surface area contributed by atoms with Gasteiger partial charge in [0.05, 0.1) is 38.5 Å². The Morgan fingerprint density at radius 3 is 2.26 bits per heavy atom. The molecule has 0 aliphatic rings. The van der Waals surface area contributed by atoms with Crippen molar-refractivity contribution in [3.8, 4) is 46.0 Å². The number of ether oxygens (including phenoxy) is 6. The van der Waals surface area contributed by atoms with Gasteiger partial charge in [0.15, 0.2) is 29.6 Å². The number of anilines is 1. The van der Waals surface area contributed by atoms with E-state index in [1.807, 2.05) is 19.9 Å². The number of aromatic amines is 1. The first kappa shape index (κ1) is 53.6. The average molecular weight is 1020 g/mol. The van der Waals surface area contributed by atoms with Gasteiger partial charge in [-0.2, -0.15) is 0 Å². The number of benzene rings is 4. The van der Waals surface area contributed by atoms with Crippen LogP contribution in [0.4, 0.5) is 5.69 Å². The van der Waals surface area contributed by atoms with Gasteiger partial charge in [-0.25, -0.2) is 27.7 Å². The summed E-state index contributed by atoms with van der Waals surface area (Å²) in [6.45, 7) is 17.1. The summed E-state index contributed by atoms with van der Waals surface area (Å²) in [5, 5.41) is 16.8. The number of esters is 2.